The van der Waals surface area contributed by atoms with E-state index in [4.69, 9.17) is 9.97 Å². The Kier molecular flexibility index (Phi) is 6.16. The molecule has 2 aliphatic rings. The number of fused-ring (bicyclic) bond motifs is 2. The fourth-order valence-electron chi connectivity index (χ4n) is 5.34. The van der Waals surface area contributed by atoms with E-state index in [0.29, 0.717) is 12.0 Å². The van der Waals surface area contributed by atoms with E-state index in [1.165, 1.54) is 11.1 Å². The molecule has 0 radical (unpaired) electrons. The lowest BCUT2D eigenvalue weighted by Gasteiger charge is -2.31. The van der Waals surface area contributed by atoms with Gasteiger partial charge in [-0.25, -0.2) is 4.98 Å². The van der Waals surface area contributed by atoms with E-state index in [1.807, 2.05) is 37.2 Å². The Balaban J connectivity index is 1.20. The minimum absolute atomic E-state index is 0.0898. The van der Waals surface area contributed by atoms with Crippen molar-refractivity contribution < 1.29 is 4.79 Å². The van der Waals surface area contributed by atoms with Gasteiger partial charge in [-0.05, 0) is 68.2 Å². The normalized spacial score (nSPS) is 22.4. The van der Waals surface area contributed by atoms with Crippen molar-refractivity contribution in [2.45, 2.75) is 57.0 Å². The molecule has 172 valence electrons. The highest BCUT2D eigenvalue weighted by molar-refractivity contribution is 5.90. The number of amides is 1. The molecule has 3 aromatic rings. The Labute approximate surface area is 195 Å². The van der Waals surface area contributed by atoms with Gasteiger partial charge in [-0.1, -0.05) is 36.4 Å². The highest BCUT2D eigenvalue weighted by Gasteiger charge is 2.29. The number of para-hydroxylation sites is 1. The molecule has 2 aliphatic carbocycles. The Morgan fingerprint density at radius 1 is 0.939 bits per heavy atom. The van der Waals surface area contributed by atoms with Crippen LogP contribution in [0.15, 0.2) is 48.5 Å². The van der Waals surface area contributed by atoms with E-state index in [9.17, 15) is 4.79 Å². The van der Waals surface area contributed by atoms with Crippen LogP contribution < -0.4 is 15.5 Å². The molecular weight excluding hydrogens is 410 g/mol. The van der Waals surface area contributed by atoms with E-state index in [1.54, 1.807) is 0 Å². The van der Waals surface area contributed by atoms with Crippen molar-refractivity contribution in [1.82, 2.24) is 15.3 Å². The predicted molar refractivity (Wildman–Crippen MR) is 133 cm³/mol. The number of carbonyl (C=O) groups is 1. The smallest absolute Gasteiger partial charge is 0.225 e. The van der Waals surface area contributed by atoms with Crippen LogP contribution in [0.4, 0.5) is 11.8 Å². The average Bonchev–Trinajstić information content (AvgIpc) is 2.84. The molecule has 1 saturated carbocycles. The molecule has 2 aromatic carbocycles. The fraction of sp³-hybridized carbons (Fsp3) is 0.444. The van der Waals surface area contributed by atoms with E-state index in [0.717, 1.165) is 61.7 Å². The molecule has 2 N–H and O–H groups in total. The summed E-state index contributed by atoms with van der Waals surface area (Å²) in [5, 5.41) is 7.95. The first-order valence-electron chi connectivity index (χ1n) is 12.2. The van der Waals surface area contributed by atoms with Gasteiger partial charge in [0.15, 0.2) is 0 Å². The molecule has 0 bridgehead atoms. The summed E-state index contributed by atoms with van der Waals surface area (Å²) in [6.07, 6.45) is 6.98. The first-order valence-corrected chi connectivity index (χ1v) is 12.2. The molecule has 1 atom stereocenters. The summed E-state index contributed by atoms with van der Waals surface area (Å²) in [5.74, 6) is 1.90. The third-order valence-corrected chi connectivity index (χ3v) is 7.12. The molecule has 1 heterocycles. The number of carbonyl (C=O) groups excluding carboxylic acids is 1. The van der Waals surface area contributed by atoms with Crippen LogP contribution in [-0.4, -0.2) is 36.0 Å². The molecular formula is C27H33N5O. The van der Waals surface area contributed by atoms with E-state index in [2.05, 4.69) is 41.0 Å². The van der Waals surface area contributed by atoms with Gasteiger partial charge >= 0.3 is 0 Å². The number of aromatic nitrogens is 2. The minimum atomic E-state index is 0.0898. The number of benzene rings is 2. The van der Waals surface area contributed by atoms with Gasteiger partial charge in [0.2, 0.25) is 11.9 Å². The molecule has 0 saturated heterocycles. The van der Waals surface area contributed by atoms with Gasteiger partial charge in [0.25, 0.3) is 0 Å². The largest absolute Gasteiger partial charge is 0.362 e. The quantitative estimate of drug-likeness (QED) is 0.589. The van der Waals surface area contributed by atoms with Gasteiger partial charge in [-0.3, -0.25) is 4.79 Å². The zero-order valence-corrected chi connectivity index (χ0v) is 19.6. The maximum atomic E-state index is 13.0. The fourth-order valence-corrected chi connectivity index (χ4v) is 5.34. The second-order valence-corrected chi connectivity index (χ2v) is 9.63. The number of nitrogens with one attached hydrogen (secondary N) is 2. The topological polar surface area (TPSA) is 70.2 Å². The number of hydrogen-bond acceptors (Lipinski definition) is 5. The van der Waals surface area contributed by atoms with Crippen LogP contribution in [-0.2, 0) is 11.2 Å². The molecule has 6 nitrogen and oxygen atoms in total. The van der Waals surface area contributed by atoms with E-state index in [-0.39, 0.29) is 17.9 Å². The highest BCUT2D eigenvalue weighted by Crippen LogP contribution is 2.32. The Hall–Kier alpha value is -3.15. The Bertz CT molecular complexity index is 1140. The number of anilines is 2. The molecule has 1 unspecified atom stereocenters. The van der Waals surface area contributed by atoms with Crippen LogP contribution in [0.3, 0.4) is 0 Å². The summed E-state index contributed by atoms with van der Waals surface area (Å²) < 4.78 is 0. The SMILES string of the molecule is CN(C)c1nc(N[C@H]2CC[C@@H](C(=O)NC3CCCc4ccccc43)CC2)nc2ccccc12. The van der Waals surface area contributed by atoms with Gasteiger partial charge in [0, 0.05) is 31.4 Å². The number of hydrogen-bond donors (Lipinski definition) is 2. The van der Waals surface area contributed by atoms with Crippen molar-refractivity contribution in [3.63, 3.8) is 0 Å². The third kappa shape index (κ3) is 4.65. The summed E-state index contributed by atoms with van der Waals surface area (Å²) in [6.45, 7) is 0. The van der Waals surface area contributed by atoms with Crippen molar-refractivity contribution in [3.05, 3.63) is 59.7 Å². The monoisotopic (exact) mass is 443 g/mol. The van der Waals surface area contributed by atoms with Gasteiger partial charge < -0.3 is 15.5 Å². The van der Waals surface area contributed by atoms with Crippen LogP contribution in [0.1, 0.15) is 55.7 Å². The number of rotatable bonds is 5. The van der Waals surface area contributed by atoms with Crippen LogP contribution in [0, 0.1) is 5.92 Å². The lowest BCUT2D eigenvalue weighted by atomic mass is 9.84. The van der Waals surface area contributed by atoms with Crippen molar-refractivity contribution in [3.8, 4) is 0 Å². The lowest BCUT2D eigenvalue weighted by molar-refractivity contribution is -0.126. The first-order chi connectivity index (χ1) is 16.1. The van der Waals surface area contributed by atoms with Gasteiger partial charge in [-0.15, -0.1) is 0 Å². The molecule has 1 fully saturated rings. The molecule has 6 heteroatoms. The van der Waals surface area contributed by atoms with Crippen molar-refractivity contribution in [2.24, 2.45) is 5.92 Å². The second kappa shape index (κ2) is 9.38. The van der Waals surface area contributed by atoms with Crippen LogP contribution >= 0.6 is 0 Å². The summed E-state index contributed by atoms with van der Waals surface area (Å²) in [7, 11) is 4.01. The molecule has 1 amide bonds. The first kappa shape index (κ1) is 21.7. The summed E-state index contributed by atoms with van der Waals surface area (Å²) >= 11 is 0. The van der Waals surface area contributed by atoms with Gasteiger partial charge in [0.1, 0.15) is 5.82 Å². The van der Waals surface area contributed by atoms with Crippen LogP contribution in [0.25, 0.3) is 10.9 Å². The number of nitrogens with zero attached hydrogens (tertiary/aromatic N) is 3. The maximum Gasteiger partial charge on any atom is 0.225 e. The molecule has 1 aromatic heterocycles. The summed E-state index contributed by atoms with van der Waals surface area (Å²) in [5.41, 5.74) is 3.63. The second-order valence-electron chi connectivity index (χ2n) is 9.63. The summed E-state index contributed by atoms with van der Waals surface area (Å²) in [4.78, 5) is 24.6. The molecule has 0 spiro atoms. The maximum absolute atomic E-state index is 13.0. The molecule has 5 rings (SSSR count). The van der Waals surface area contributed by atoms with E-state index < -0.39 is 0 Å². The summed E-state index contributed by atoms with van der Waals surface area (Å²) in [6, 6.07) is 17.1. The minimum Gasteiger partial charge on any atom is -0.362 e. The van der Waals surface area contributed by atoms with Crippen molar-refractivity contribution >= 4 is 28.6 Å². The van der Waals surface area contributed by atoms with Crippen molar-refractivity contribution in [2.75, 3.05) is 24.3 Å². The molecule has 0 aliphatic heterocycles. The predicted octanol–water partition coefficient (Wildman–Crippen LogP) is 4.86. The lowest BCUT2D eigenvalue weighted by Crippen LogP contribution is -2.38. The molecule has 33 heavy (non-hydrogen) atoms. The van der Waals surface area contributed by atoms with E-state index >= 15 is 0 Å². The zero-order valence-electron chi connectivity index (χ0n) is 19.6. The third-order valence-electron chi connectivity index (χ3n) is 7.12. The van der Waals surface area contributed by atoms with Crippen LogP contribution in [0.5, 0.6) is 0 Å². The van der Waals surface area contributed by atoms with Gasteiger partial charge in [-0.2, -0.15) is 4.98 Å². The Morgan fingerprint density at radius 3 is 2.52 bits per heavy atom. The standard InChI is InChI=1S/C27H33N5O/c1-32(2)25-22-11-5-6-12-24(22)30-27(31-25)28-20-16-14-19(15-17-20)26(33)29-23-13-7-9-18-8-3-4-10-21(18)23/h3-6,8,10-12,19-20,23H,7,9,13-17H2,1-2H3,(H,29,33)(H,28,30,31)/t19-,20+,23?. The highest BCUT2D eigenvalue weighted by atomic mass is 16.1. The average molecular weight is 444 g/mol. The van der Waals surface area contributed by atoms with Crippen molar-refractivity contribution in [1.29, 1.82) is 0 Å². The zero-order chi connectivity index (χ0) is 22.8. The van der Waals surface area contributed by atoms with Crippen LogP contribution in [0.2, 0.25) is 0 Å². The number of aryl methyl sites for hydroxylation is 1. The van der Waals surface area contributed by atoms with Gasteiger partial charge in [0.05, 0.1) is 11.6 Å². The Morgan fingerprint density at radius 2 is 1.70 bits per heavy atom.